The van der Waals surface area contributed by atoms with E-state index in [1.165, 1.54) is 0 Å². The van der Waals surface area contributed by atoms with Gasteiger partial charge in [-0.25, -0.2) is 9.78 Å². The third-order valence-corrected chi connectivity index (χ3v) is 6.14. The summed E-state index contributed by atoms with van der Waals surface area (Å²) in [5.41, 5.74) is 6.56. The van der Waals surface area contributed by atoms with Crippen LogP contribution in [-0.4, -0.2) is 48.1 Å². The first-order chi connectivity index (χ1) is 16.5. The Labute approximate surface area is 205 Å². The van der Waals surface area contributed by atoms with Crippen molar-refractivity contribution in [2.45, 2.75) is 38.1 Å². The van der Waals surface area contributed by atoms with Gasteiger partial charge in [-0.15, -0.1) is 0 Å². The fraction of sp³-hybridized carbons (Fsp3) is 0.346. The van der Waals surface area contributed by atoms with E-state index in [2.05, 4.69) is 10.3 Å². The summed E-state index contributed by atoms with van der Waals surface area (Å²) in [4.78, 5) is 31.2. The second kappa shape index (κ2) is 12.9. The molecule has 0 aliphatic carbocycles. The number of nitrogens with one attached hydrogen (secondary N) is 1. The summed E-state index contributed by atoms with van der Waals surface area (Å²) in [7, 11) is 1.74. The first-order valence-corrected chi connectivity index (χ1v) is 11.8. The lowest BCUT2D eigenvalue weighted by Crippen LogP contribution is -2.41. The molecule has 1 heterocycles. The monoisotopic (exact) mass is 482 g/mol. The first-order valence-electron chi connectivity index (χ1n) is 11.5. The molecule has 0 unspecified atom stereocenters. The Kier molecular flexibility index (Phi) is 9.67. The van der Waals surface area contributed by atoms with Crippen LogP contribution in [-0.2, 0) is 16.0 Å². The number of hydrogen-bond acceptors (Lipinski definition) is 5. The molecule has 8 heteroatoms. The predicted molar refractivity (Wildman–Crippen MR) is 136 cm³/mol. The van der Waals surface area contributed by atoms with E-state index in [4.69, 9.17) is 22.1 Å². The molecule has 180 valence electrons. The van der Waals surface area contributed by atoms with Gasteiger partial charge >= 0.3 is 6.09 Å². The molecule has 0 saturated heterocycles. The average molecular weight is 483 g/mol. The topological polar surface area (TPSA) is 97.5 Å². The number of pyridine rings is 1. The van der Waals surface area contributed by atoms with Crippen LogP contribution in [0.3, 0.4) is 0 Å². The van der Waals surface area contributed by atoms with Crippen LogP contribution in [0.1, 0.15) is 31.2 Å². The zero-order chi connectivity index (χ0) is 24.3. The van der Waals surface area contributed by atoms with Gasteiger partial charge in [0.15, 0.2) is 0 Å². The molecule has 0 aliphatic heterocycles. The number of amides is 2. The molecule has 1 aromatic heterocycles. The van der Waals surface area contributed by atoms with Gasteiger partial charge < -0.3 is 15.4 Å². The lowest BCUT2D eigenvalue weighted by atomic mass is 10.1. The van der Waals surface area contributed by atoms with Gasteiger partial charge in [-0.05, 0) is 48.9 Å². The molecule has 1 atom stereocenters. The van der Waals surface area contributed by atoms with E-state index in [0.29, 0.717) is 36.6 Å². The number of aryl methyl sites for hydroxylation is 1. The van der Waals surface area contributed by atoms with Crippen molar-refractivity contribution < 1.29 is 14.3 Å². The summed E-state index contributed by atoms with van der Waals surface area (Å²) in [6.45, 7) is 0.657. The predicted octanol–water partition coefficient (Wildman–Crippen LogP) is 5.03. The maximum absolute atomic E-state index is 12.9. The Hall–Kier alpha value is -3.16. The van der Waals surface area contributed by atoms with Gasteiger partial charge in [-0.2, -0.15) is 0 Å². The van der Waals surface area contributed by atoms with Gasteiger partial charge in [0, 0.05) is 30.1 Å². The number of benzene rings is 2. The summed E-state index contributed by atoms with van der Waals surface area (Å²) in [5, 5.41) is 5.27. The highest BCUT2D eigenvalue weighted by molar-refractivity contribution is 6.31. The number of aromatic nitrogens is 1. The lowest BCUT2D eigenvalue weighted by molar-refractivity contribution is -0.132. The van der Waals surface area contributed by atoms with E-state index in [9.17, 15) is 9.59 Å². The quantitative estimate of drug-likeness (QED) is 0.374. The van der Waals surface area contributed by atoms with Crippen molar-refractivity contribution in [3.05, 3.63) is 71.4 Å². The number of fused-ring (bicyclic) bond motifs is 1. The number of hydrogen-bond donors (Lipinski definition) is 2. The SMILES string of the molecule is CN(C(=O)CCc1ccccc1Cl)[C@@H](CCCCN)COC(=O)Nc1cc2ccccc2cn1. The summed E-state index contributed by atoms with van der Waals surface area (Å²) < 4.78 is 5.47. The average Bonchev–Trinajstić information content (AvgIpc) is 2.85. The zero-order valence-corrected chi connectivity index (χ0v) is 20.1. The lowest BCUT2D eigenvalue weighted by Gasteiger charge is -2.28. The van der Waals surface area contributed by atoms with E-state index in [1.54, 1.807) is 24.2 Å². The van der Waals surface area contributed by atoms with Gasteiger partial charge in [0.1, 0.15) is 12.4 Å². The van der Waals surface area contributed by atoms with Crippen molar-refractivity contribution in [1.82, 2.24) is 9.88 Å². The molecular weight excluding hydrogens is 452 g/mol. The first kappa shape index (κ1) is 25.5. The van der Waals surface area contributed by atoms with Gasteiger partial charge in [0.25, 0.3) is 0 Å². The Bertz CT molecular complexity index is 1110. The third kappa shape index (κ3) is 7.43. The Morgan fingerprint density at radius 2 is 1.85 bits per heavy atom. The molecule has 0 fully saturated rings. The second-order valence-electron chi connectivity index (χ2n) is 8.17. The molecule has 2 amide bonds. The number of halogens is 1. The smallest absolute Gasteiger partial charge is 0.412 e. The number of rotatable bonds is 11. The van der Waals surface area contributed by atoms with Gasteiger partial charge in [-0.1, -0.05) is 60.5 Å². The van der Waals surface area contributed by atoms with E-state index in [0.717, 1.165) is 29.2 Å². The third-order valence-electron chi connectivity index (χ3n) is 5.77. The molecule has 3 aromatic rings. The summed E-state index contributed by atoms with van der Waals surface area (Å²) in [6.07, 6.45) is 4.32. The van der Waals surface area contributed by atoms with Crippen LogP contribution in [0.4, 0.5) is 10.6 Å². The van der Waals surface area contributed by atoms with Gasteiger partial charge in [-0.3, -0.25) is 10.1 Å². The summed E-state index contributed by atoms with van der Waals surface area (Å²) >= 11 is 6.21. The van der Waals surface area contributed by atoms with Crippen LogP contribution in [0.2, 0.25) is 5.02 Å². The van der Waals surface area contributed by atoms with Crippen LogP contribution < -0.4 is 11.1 Å². The molecule has 0 radical (unpaired) electrons. The van der Waals surface area contributed by atoms with Crippen molar-refractivity contribution in [1.29, 1.82) is 0 Å². The minimum Gasteiger partial charge on any atom is -0.447 e. The number of carbonyl (C=O) groups is 2. The van der Waals surface area contributed by atoms with Crippen LogP contribution >= 0.6 is 11.6 Å². The van der Waals surface area contributed by atoms with Crippen molar-refractivity contribution in [3.8, 4) is 0 Å². The number of carbonyl (C=O) groups excluding carboxylic acids is 2. The Balaban J connectivity index is 1.56. The van der Waals surface area contributed by atoms with E-state index < -0.39 is 6.09 Å². The van der Waals surface area contributed by atoms with Crippen LogP contribution in [0.5, 0.6) is 0 Å². The number of anilines is 1. The molecule has 7 nitrogen and oxygen atoms in total. The number of likely N-dealkylation sites (N-methyl/N-ethyl adjacent to an activating group) is 1. The van der Waals surface area contributed by atoms with Gasteiger partial charge in [0.2, 0.25) is 5.91 Å². The minimum atomic E-state index is -0.608. The van der Waals surface area contributed by atoms with Crippen LogP contribution in [0, 0.1) is 0 Å². The standard InChI is InChI=1S/C26H31ClN4O3/c1-31(25(32)14-13-19-8-4-5-12-23(19)27)22(11-6-7-15-28)18-34-26(33)30-24-16-20-9-2-3-10-21(20)17-29-24/h2-5,8-10,12,16-17,22H,6-7,11,13-15,18,28H2,1H3,(H,29,30,33)/t22-/m0/s1. The number of nitrogens with two attached hydrogens (primary N) is 1. The van der Waals surface area contributed by atoms with Crippen molar-refractivity contribution in [2.75, 3.05) is 25.5 Å². The largest absolute Gasteiger partial charge is 0.447 e. The highest BCUT2D eigenvalue weighted by atomic mass is 35.5. The normalized spacial score (nSPS) is 11.7. The molecule has 0 bridgehead atoms. The molecule has 0 saturated carbocycles. The maximum atomic E-state index is 12.9. The molecule has 3 N–H and O–H groups in total. The molecule has 0 aliphatic rings. The highest BCUT2D eigenvalue weighted by Crippen LogP contribution is 2.19. The summed E-state index contributed by atoms with van der Waals surface area (Å²) in [6, 6.07) is 16.8. The fourth-order valence-electron chi connectivity index (χ4n) is 3.70. The van der Waals surface area contributed by atoms with Crippen molar-refractivity contribution in [3.63, 3.8) is 0 Å². The zero-order valence-electron chi connectivity index (χ0n) is 19.4. The molecule has 3 rings (SSSR count). The fourth-order valence-corrected chi connectivity index (χ4v) is 3.93. The van der Waals surface area contributed by atoms with E-state index in [1.807, 2.05) is 48.5 Å². The second-order valence-corrected chi connectivity index (χ2v) is 8.58. The molecule has 0 spiro atoms. The van der Waals surface area contributed by atoms with E-state index in [-0.39, 0.29) is 18.6 Å². The molecular formula is C26H31ClN4O3. The van der Waals surface area contributed by atoms with Crippen LogP contribution in [0.25, 0.3) is 10.8 Å². The molecule has 2 aromatic carbocycles. The highest BCUT2D eigenvalue weighted by Gasteiger charge is 2.22. The summed E-state index contributed by atoms with van der Waals surface area (Å²) in [5.74, 6) is 0.380. The maximum Gasteiger partial charge on any atom is 0.412 e. The minimum absolute atomic E-state index is 0.0297. The van der Waals surface area contributed by atoms with Crippen LogP contribution in [0.15, 0.2) is 60.8 Å². The Morgan fingerprint density at radius 3 is 2.62 bits per heavy atom. The van der Waals surface area contributed by atoms with Crippen molar-refractivity contribution >= 4 is 40.2 Å². The Morgan fingerprint density at radius 1 is 1.12 bits per heavy atom. The van der Waals surface area contributed by atoms with Gasteiger partial charge in [0.05, 0.1) is 6.04 Å². The van der Waals surface area contributed by atoms with E-state index >= 15 is 0 Å². The number of unbranched alkanes of at least 4 members (excludes halogenated alkanes) is 1. The number of ether oxygens (including phenoxy) is 1. The molecule has 34 heavy (non-hydrogen) atoms. The number of nitrogens with zero attached hydrogens (tertiary/aromatic N) is 2. The van der Waals surface area contributed by atoms with Crippen molar-refractivity contribution in [2.24, 2.45) is 5.73 Å².